The molecule has 4 heteroatoms. The second-order valence-corrected chi connectivity index (χ2v) is 12.7. The number of fused-ring (bicyclic) bond motifs is 7. The van der Waals surface area contributed by atoms with Crippen molar-refractivity contribution in [1.29, 1.82) is 0 Å². The normalized spacial score (nSPS) is 48.0. The molecule has 1 N–H and O–H groups in total. The molecule has 4 aliphatic carbocycles. The lowest BCUT2D eigenvalue weighted by atomic mass is 9.35. The molecule has 5 rings (SSSR count). The van der Waals surface area contributed by atoms with Gasteiger partial charge in [0.1, 0.15) is 6.10 Å². The highest BCUT2D eigenvalue weighted by molar-refractivity contribution is 5.66. The van der Waals surface area contributed by atoms with E-state index in [4.69, 9.17) is 9.15 Å². The molecule has 0 spiro atoms. The zero-order valence-electron chi connectivity index (χ0n) is 20.2. The quantitative estimate of drug-likeness (QED) is 0.543. The summed E-state index contributed by atoms with van der Waals surface area (Å²) >= 11 is 0. The Labute approximate surface area is 187 Å². The molecule has 8 atom stereocenters. The molecule has 4 aliphatic rings. The van der Waals surface area contributed by atoms with Crippen LogP contribution in [0.5, 0.6) is 0 Å². The average molecular weight is 429 g/mol. The topological polar surface area (TPSA) is 59.7 Å². The van der Waals surface area contributed by atoms with Gasteiger partial charge in [-0.05, 0) is 72.5 Å². The highest BCUT2D eigenvalue weighted by Gasteiger charge is 2.68. The van der Waals surface area contributed by atoms with Crippen LogP contribution < -0.4 is 0 Å². The summed E-state index contributed by atoms with van der Waals surface area (Å²) < 4.78 is 11.5. The van der Waals surface area contributed by atoms with E-state index < -0.39 is 6.10 Å². The Balaban J connectivity index is 1.61. The molecule has 0 amide bonds. The van der Waals surface area contributed by atoms with Crippen molar-refractivity contribution in [2.75, 3.05) is 0 Å². The van der Waals surface area contributed by atoms with Gasteiger partial charge in [-0.2, -0.15) is 0 Å². The summed E-state index contributed by atoms with van der Waals surface area (Å²) in [5.74, 6) is 1.20. The van der Waals surface area contributed by atoms with E-state index in [-0.39, 0.29) is 34.2 Å². The van der Waals surface area contributed by atoms with Crippen LogP contribution in [0.15, 0.2) is 16.9 Å². The van der Waals surface area contributed by atoms with Crippen molar-refractivity contribution < 1.29 is 19.1 Å². The van der Waals surface area contributed by atoms with Gasteiger partial charge in [-0.15, -0.1) is 0 Å². The number of rotatable bonds is 1. The van der Waals surface area contributed by atoms with Gasteiger partial charge >= 0.3 is 5.97 Å². The fourth-order valence-corrected chi connectivity index (χ4v) is 9.56. The number of aliphatic hydroxyl groups is 1. The second kappa shape index (κ2) is 6.62. The molecule has 0 unspecified atom stereocenters. The van der Waals surface area contributed by atoms with E-state index in [1.54, 1.807) is 6.26 Å². The van der Waals surface area contributed by atoms with Gasteiger partial charge in [0.25, 0.3) is 0 Å². The van der Waals surface area contributed by atoms with Crippen molar-refractivity contribution in [2.24, 2.45) is 34.0 Å². The minimum atomic E-state index is -0.411. The van der Waals surface area contributed by atoms with Gasteiger partial charge in [0.15, 0.2) is 0 Å². The molecule has 31 heavy (non-hydrogen) atoms. The van der Waals surface area contributed by atoms with Gasteiger partial charge in [-0.3, -0.25) is 4.79 Å². The summed E-state index contributed by atoms with van der Waals surface area (Å²) in [6.07, 6.45) is 10.8. The molecule has 1 aromatic rings. The first-order chi connectivity index (χ1) is 14.4. The Morgan fingerprint density at radius 1 is 1.00 bits per heavy atom. The summed E-state index contributed by atoms with van der Waals surface area (Å²) in [6.45, 7) is 13.7. The van der Waals surface area contributed by atoms with Crippen LogP contribution in [0.2, 0.25) is 0 Å². The number of hydrogen-bond acceptors (Lipinski definition) is 4. The van der Waals surface area contributed by atoms with Gasteiger partial charge in [-0.1, -0.05) is 41.0 Å². The number of ether oxygens (including phenoxy) is 1. The van der Waals surface area contributed by atoms with Crippen LogP contribution in [-0.4, -0.2) is 17.2 Å². The lowest BCUT2D eigenvalue weighted by Crippen LogP contribution is -2.66. The van der Waals surface area contributed by atoms with Gasteiger partial charge < -0.3 is 14.3 Å². The lowest BCUT2D eigenvalue weighted by molar-refractivity contribution is -0.214. The maximum absolute atomic E-state index is 11.9. The van der Waals surface area contributed by atoms with Crippen LogP contribution in [0.3, 0.4) is 0 Å². The molecule has 0 aliphatic heterocycles. The fourth-order valence-electron chi connectivity index (χ4n) is 9.56. The summed E-state index contributed by atoms with van der Waals surface area (Å²) in [7, 11) is 0. The smallest absolute Gasteiger partial charge is 0.303 e. The van der Waals surface area contributed by atoms with Crippen molar-refractivity contribution in [3.8, 4) is 0 Å². The molecule has 0 saturated heterocycles. The van der Waals surface area contributed by atoms with Crippen LogP contribution in [0.25, 0.3) is 0 Å². The van der Waals surface area contributed by atoms with Crippen molar-refractivity contribution in [1.82, 2.24) is 0 Å². The molecule has 0 radical (unpaired) electrons. The Hall–Kier alpha value is -1.29. The molecule has 172 valence electrons. The first-order valence-electron chi connectivity index (χ1n) is 12.4. The second-order valence-electron chi connectivity index (χ2n) is 12.7. The Morgan fingerprint density at radius 3 is 2.42 bits per heavy atom. The van der Waals surface area contributed by atoms with Crippen LogP contribution in [0, 0.1) is 34.0 Å². The molecule has 3 saturated carbocycles. The van der Waals surface area contributed by atoms with E-state index in [9.17, 15) is 9.90 Å². The summed E-state index contributed by atoms with van der Waals surface area (Å²) in [4.78, 5) is 11.9. The van der Waals surface area contributed by atoms with Crippen molar-refractivity contribution in [3.05, 3.63) is 23.7 Å². The standard InChI is InChI=1S/C27H40O4/c1-16(28)31-19-12-22-26(5)11-8-20-24(2,3)9-7-10-25(20,4)21(26)13-23(29)27(22,6)18-15-30-14-17(18)19/h14-15,19-23,29H,7-13H2,1-6H3/t19-,20-,21+,22+,23+,25-,26+,27+/m0/s1. The number of hydrogen-bond donors (Lipinski definition) is 1. The average Bonchev–Trinajstić information content (AvgIpc) is 3.16. The number of carbonyl (C=O) groups excluding carboxylic acids is 1. The Morgan fingerprint density at radius 2 is 1.71 bits per heavy atom. The Bertz CT molecular complexity index is 886. The van der Waals surface area contributed by atoms with Gasteiger partial charge in [0, 0.05) is 23.5 Å². The lowest BCUT2D eigenvalue weighted by Gasteiger charge is -2.70. The SMILES string of the molecule is CC(=O)O[C@H]1C[C@@H]2[C@]3(C)CC[C@H]4C(C)(C)CCC[C@]4(C)[C@H]3C[C@@H](O)[C@]2(C)c2cocc21. The first-order valence-corrected chi connectivity index (χ1v) is 12.4. The third-order valence-electron chi connectivity index (χ3n) is 10.9. The Kier molecular flexibility index (Phi) is 4.60. The van der Waals surface area contributed by atoms with Gasteiger partial charge in [0.2, 0.25) is 0 Å². The minimum absolute atomic E-state index is 0.111. The monoisotopic (exact) mass is 428 g/mol. The summed E-state index contributed by atoms with van der Waals surface area (Å²) in [5.41, 5.74) is 2.37. The zero-order valence-corrected chi connectivity index (χ0v) is 20.2. The molecule has 3 fully saturated rings. The minimum Gasteiger partial charge on any atom is -0.472 e. The van der Waals surface area contributed by atoms with Crippen molar-refractivity contribution in [3.63, 3.8) is 0 Å². The maximum Gasteiger partial charge on any atom is 0.303 e. The summed E-state index contributed by atoms with van der Waals surface area (Å²) in [5, 5.41) is 11.7. The van der Waals surface area contributed by atoms with Gasteiger partial charge in [0.05, 0.1) is 18.6 Å². The summed E-state index contributed by atoms with van der Waals surface area (Å²) in [6, 6.07) is 0. The van der Waals surface area contributed by atoms with Crippen LogP contribution in [0.4, 0.5) is 0 Å². The number of esters is 1. The third kappa shape index (κ3) is 2.72. The fraction of sp³-hybridized carbons (Fsp3) is 0.815. The highest BCUT2D eigenvalue weighted by atomic mass is 16.5. The molecule has 4 nitrogen and oxygen atoms in total. The zero-order chi connectivity index (χ0) is 22.4. The van der Waals surface area contributed by atoms with Crippen molar-refractivity contribution in [2.45, 2.75) is 104 Å². The molecule has 1 aromatic heterocycles. The highest BCUT2D eigenvalue weighted by Crippen LogP contribution is 2.72. The van der Waals surface area contributed by atoms with Gasteiger partial charge in [-0.25, -0.2) is 0 Å². The molecular formula is C27H40O4. The molecule has 1 heterocycles. The van der Waals surface area contributed by atoms with Crippen LogP contribution in [0.1, 0.15) is 104 Å². The van der Waals surface area contributed by atoms with Crippen LogP contribution in [-0.2, 0) is 14.9 Å². The molecule has 0 aromatic carbocycles. The largest absolute Gasteiger partial charge is 0.472 e. The van der Waals surface area contributed by atoms with Crippen molar-refractivity contribution >= 4 is 5.97 Å². The van der Waals surface area contributed by atoms with E-state index in [2.05, 4.69) is 34.6 Å². The molecular weight excluding hydrogens is 388 g/mol. The molecule has 0 bridgehead atoms. The van der Waals surface area contributed by atoms with E-state index in [1.165, 1.54) is 39.0 Å². The van der Waals surface area contributed by atoms with Crippen LogP contribution >= 0.6 is 0 Å². The van der Waals surface area contributed by atoms with E-state index in [1.807, 2.05) is 6.26 Å². The number of aliphatic hydroxyl groups excluding tert-OH is 1. The number of furan rings is 1. The maximum atomic E-state index is 11.9. The number of carbonyl (C=O) groups is 1. The van der Waals surface area contributed by atoms with E-state index in [0.717, 1.165) is 24.0 Å². The predicted molar refractivity (Wildman–Crippen MR) is 119 cm³/mol. The van der Waals surface area contributed by atoms with E-state index in [0.29, 0.717) is 17.3 Å². The van der Waals surface area contributed by atoms with E-state index >= 15 is 0 Å². The third-order valence-corrected chi connectivity index (χ3v) is 10.9. The predicted octanol–water partition coefficient (Wildman–Crippen LogP) is 6.17. The first kappa shape index (κ1) is 21.6.